The SMILES string of the molecule is O=C(CO)Nc1ccc(S(=O)(=O)Nc2nc3ccccc3nc2Nc2cc(O)ccc2CCO)cc1. The first-order valence-corrected chi connectivity index (χ1v) is 12.3. The summed E-state index contributed by atoms with van der Waals surface area (Å²) in [5.74, 6) is -0.639. The van der Waals surface area contributed by atoms with Crippen LogP contribution in [0.5, 0.6) is 5.75 Å². The van der Waals surface area contributed by atoms with Crippen LogP contribution in [0.15, 0.2) is 71.6 Å². The number of hydrogen-bond donors (Lipinski definition) is 6. The number of anilines is 4. The zero-order valence-corrected chi connectivity index (χ0v) is 19.7. The first-order valence-electron chi connectivity index (χ1n) is 10.8. The average Bonchev–Trinajstić information content (AvgIpc) is 2.86. The molecule has 0 radical (unpaired) electrons. The third-order valence-electron chi connectivity index (χ3n) is 5.12. The predicted molar refractivity (Wildman–Crippen MR) is 135 cm³/mol. The van der Waals surface area contributed by atoms with Gasteiger partial charge < -0.3 is 26.0 Å². The maximum absolute atomic E-state index is 13.1. The van der Waals surface area contributed by atoms with Crippen LogP contribution in [0.25, 0.3) is 11.0 Å². The molecule has 0 bridgehead atoms. The molecule has 1 amide bonds. The van der Waals surface area contributed by atoms with Crippen molar-refractivity contribution in [3.8, 4) is 5.75 Å². The molecule has 4 rings (SSSR count). The van der Waals surface area contributed by atoms with E-state index < -0.39 is 22.5 Å². The van der Waals surface area contributed by atoms with Gasteiger partial charge in [-0.25, -0.2) is 18.4 Å². The van der Waals surface area contributed by atoms with Crippen molar-refractivity contribution < 1.29 is 28.5 Å². The van der Waals surface area contributed by atoms with Gasteiger partial charge in [0.1, 0.15) is 12.4 Å². The number of para-hydroxylation sites is 2. The molecular weight excluding hydrogens is 486 g/mol. The Balaban J connectivity index is 1.71. The van der Waals surface area contributed by atoms with Gasteiger partial charge in [-0.3, -0.25) is 9.52 Å². The molecule has 4 aromatic rings. The Morgan fingerprint density at radius 3 is 2.19 bits per heavy atom. The molecule has 1 heterocycles. The van der Waals surface area contributed by atoms with Crippen molar-refractivity contribution in [2.45, 2.75) is 11.3 Å². The molecule has 1 aromatic heterocycles. The fourth-order valence-corrected chi connectivity index (χ4v) is 4.42. The number of aliphatic hydroxyl groups excluding tert-OH is 2. The molecule has 36 heavy (non-hydrogen) atoms. The average molecular weight is 510 g/mol. The Morgan fingerprint density at radius 1 is 0.889 bits per heavy atom. The summed E-state index contributed by atoms with van der Waals surface area (Å²) in [6, 6.07) is 16.9. The number of nitrogens with zero attached hydrogens (tertiary/aromatic N) is 2. The topological polar surface area (TPSA) is 174 Å². The number of phenols is 1. The number of aromatic nitrogens is 2. The van der Waals surface area contributed by atoms with E-state index in [1.165, 1.54) is 36.4 Å². The van der Waals surface area contributed by atoms with Crippen molar-refractivity contribution >= 4 is 50.0 Å². The largest absolute Gasteiger partial charge is 0.508 e. The van der Waals surface area contributed by atoms with Gasteiger partial charge in [0.15, 0.2) is 11.6 Å². The number of amides is 1. The van der Waals surface area contributed by atoms with Crippen LogP contribution in [-0.2, 0) is 21.2 Å². The number of aliphatic hydroxyl groups is 2. The summed E-state index contributed by atoms with van der Waals surface area (Å²) >= 11 is 0. The highest BCUT2D eigenvalue weighted by molar-refractivity contribution is 7.92. The van der Waals surface area contributed by atoms with Crippen molar-refractivity contribution in [1.29, 1.82) is 0 Å². The molecule has 0 aliphatic heterocycles. The van der Waals surface area contributed by atoms with E-state index in [4.69, 9.17) is 5.11 Å². The van der Waals surface area contributed by atoms with Crippen LogP contribution in [-0.4, -0.2) is 52.8 Å². The molecule has 3 aromatic carbocycles. The highest BCUT2D eigenvalue weighted by atomic mass is 32.2. The first-order chi connectivity index (χ1) is 17.3. The van der Waals surface area contributed by atoms with Crippen LogP contribution in [0.1, 0.15) is 5.56 Å². The summed E-state index contributed by atoms with van der Waals surface area (Å²) in [6.45, 7) is -0.825. The van der Waals surface area contributed by atoms with Crippen molar-refractivity contribution in [3.05, 3.63) is 72.3 Å². The van der Waals surface area contributed by atoms with E-state index in [2.05, 4.69) is 25.3 Å². The van der Waals surface area contributed by atoms with Gasteiger partial charge in [0.25, 0.3) is 10.0 Å². The Bertz CT molecular complexity index is 1510. The number of benzene rings is 3. The summed E-state index contributed by atoms with van der Waals surface area (Å²) in [6.07, 6.45) is 0.295. The Hall–Kier alpha value is -4.26. The monoisotopic (exact) mass is 509 g/mol. The number of nitrogens with one attached hydrogen (secondary N) is 3. The van der Waals surface area contributed by atoms with E-state index in [1.54, 1.807) is 30.3 Å². The molecule has 186 valence electrons. The maximum atomic E-state index is 13.1. The number of rotatable bonds is 9. The second-order valence-electron chi connectivity index (χ2n) is 7.69. The molecule has 0 atom stereocenters. The maximum Gasteiger partial charge on any atom is 0.263 e. The lowest BCUT2D eigenvalue weighted by atomic mass is 10.1. The Morgan fingerprint density at radius 2 is 1.56 bits per heavy atom. The molecule has 0 aliphatic rings. The molecule has 0 saturated heterocycles. The summed E-state index contributed by atoms with van der Waals surface area (Å²) in [5.41, 5.74) is 2.39. The molecule has 12 heteroatoms. The number of aromatic hydroxyl groups is 1. The molecule has 6 N–H and O–H groups in total. The lowest BCUT2D eigenvalue weighted by Gasteiger charge is -2.16. The minimum Gasteiger partial charge on any atom is -0.508 e. The van der Waals surface area contributed by atoms with Gasteiger partial charge in [0, 0.05) is 24.0 Å². The summed E-state index contributed by atoms with van der Waals surface area (Å²) in [4.78, 5) is 20.2. The van der Waals surface area contributed by atoms with Crippen molar-refractivity contribution in [2.24, 2.45) is 0 Å². The minimum absolute atomic E-state index is 0.0246. The van der Waals surface area contributed by atoms with Crippen molar-refractivity contribution in [1.82, 2.24) is 9.97 Å². The molecule has 0 aliphatic carbocycles. The quantitative estimate of drug-likeness (QED) is 0.198. The van der Waals surface area contributed by atoms with Crippen LogP contribution in [0.4, 0.5) is 23.0 Å². The molecule has 0 spiro atoms. The third-order valence-corrected chi connectivity index (χ3v) is 6.48. The van der Waals surface area contributed by atoms with Gasteiger partial charge in [0.2, 0.25) is 5.91 Å². The van der Waals surface area contributed by atoms with Crippen molar-refractivity contribution in [3.63, 3.8) is 0 Å². The summed E-state index contributed by atoms with van der Waals surface area (Å²) < 4.78 is 28.7. The zero-order chi connectivity index (χ0) is 25.7. The van der Waals surface area contributed by atoms with Gasteiger partial charge in [-0.15, -0.1) is 0 Å². The van der Waals surface area contributed by atoms with Crippen LogP contribution < -0.4 is 15.4 Å². The molecule has 11 nitrogen and oxygen atoms in total. The van der Waals surface area contributed by atoms with Crippen LogP contribution in [0, 0.1) is 0 Å². The highest BCUT2D eigenvalue weighted by Gasteiger charge is 2.20. The summed E-state index contributed by atoms with van der Waals surface area (Å²) in [5, 5.41) is 33.7. The second-order valence-corrected chi connectivity index (χ2v) is 9.37. The van der Waals surface area contributed by atoms with Gasteiger partial charge >= 0.3 is 0 Å². The van der Waals surface area contributed by atoms with Gasteiger partial charge in [-0.1, -0.05) is 18.2 Å². The van der Waals surface area contributed by atoms with Gasteiger partial charge in [-0.2, -0.15) is 0 Å². The van der Waals surface area contributed by atoms with Gasteiger partial charge in [0.05, 0.1) is 15.9 Å². The number of hydrogen-bond acceptors (Lipinski definition) is 9. The number of fused-ring (bicyclic) bond motifs is 1. The Labute approximate surface area is 206 Å². The lowest BCUT2D eigenvalue weighted by Crippen LogP contribution is -2.17. The predicted octanol–water partition coefficient (Wildman–Crippen LogP) is 2.35. The van der Waals surface area contributed by atoms with Crippen LogP contribution in [0.2, 0.25) is 0 Å². The first kappa shape index (κ1) is 24.9. The normalized spacial score (nSPS) is 11.3. The highest BCUT2D eigenvalue weighted by Crippen LogP contribution is 2.30. The van der Waals surface area contributed by atoms with E-state index in [9.17, 15) is 23.4 Å². The third kappa shape index (κ3) is 5.68. The van der Waals surface area contributed by atoms with E-state index in [-0.39, 0.29) is 28.9 Å². The smallest absolute Gasteiger partial charge is 0.263 e. The fraction of sp³-hybridized carbons (Fsp3) is 0.125. The zero-order valence-electron chi connectivity index (χ0n) is 18.8. The second kappa shape index (κ2) is 10.6. The lowest BCUT2D eigenvalue weighted by molar-refractivity contribution is -0.118. The number of carbonyl (C=O) groups excluding carboxylic acids is 1. The molecule has 0 unspecified atom stereocenters. The molecule has 0 fully saturated rings. The fourth-order valence-electron chi connectivity index (χ4n) is 3.41. The van der Waals surface area contributed by atoms with E-state index >= 15 is 0 Å². The van der Waals surface area contributed by atoms with Crippen molar-refractivity contribution in [2.75, 3.05) is 28.6 Å². The number of carbonyl (C=O) groups is 1. The van der Waals surface area contributed by atoms with E-state index in [0.717, 1.165) is 0 Å². The molecular formula is C24H23N5O6S. The number of phenolic OH excluding ortho intramolecular Hbond substituents is 1. The summed E-state index contributed by atoms with van der Waals surface area (Å²) in [7, 11) is -4.12. The standard InChI is InChI=1S/C24H23N5O6S/c30-12-11-15-5-8-17(32)13-21(15)28-23-24(27-20-4-2-1-3-19(20)26-23)29-36(34,35)18-9-6-16(7-10-18)25-22(33)14-31/h1-10,13,30-32H,11-12,14H2,(H,25,33)(H,26,28)(H,27,29). The van der Waals surface area contributed by atoms with Crippen LogP contribution in [0.3, 0.4) is 0 Å². The van der Waals surface area contributed by atoms with Crippen LogP contribution >= 0.6 is 0 Å². The number of sulfonamides is 1. The minimum atomic E-state index is -4.12. The van der Waals surface area contributed by atoms with Gasteiger partial charge in [-0.05, 0) is 54.4 Å². The van der Waals surface area contributed by atoms with E-state index in [0.29, 0.717) is 34.4 Å². The Kier molecular flexibility index (Phi) is 7.29. The molecule has 0 saturated carbocycles. The van der Waals surface area contributed by atoms with E-state index in [1.807, 2.05) is 0 Å².